The summed E-state index contributed by atoms with van der Waals surface area (Å²) in [5, 5.41) is 0. The van der Waals surface area contributed by atoms with Crippen LogP contribution in [0.2, 0.25) is 0 Å². The maximum Gasteiger partial charge on any atom is 0.114 e. The van der Waals surface area contributed by atoms with Crippen LogP contribution in [-0.4, -0.2) is 11.5 Å². The van der Waals surface area contributed by atoms with Crippen molar-refractivity contribution in [2.45, 2.75) is 26.0 Å². The Morgan fingerprint density at radius 2 is 2.14 bits per heavy atom. The molecule has 0 fully saturated rings. The summed E-state index contributed by atoms with van der Waals surface area (Å²) < 4.78 is 5.61. The van der Waals surface area contributed by atoms with Gasteiger partial charge in [0.2, 0.25) is 0 Å². The van der Waals surface area contributed by atoms with E-state index in [2.05, 4.69) is 38.6 Å². The van der Waals surface area contributed by atoms with Crippen LogP contribution in [0.25, 0.3) is 0 Å². The van der Waals surface area contributed by atoms with Crippen molar-refractivity contribution in [1.29, 1.82) is 0 Å². The third-order valence-electron chi connectivity index (χ3n) is 2.02. The molecule has 0 aliphatic carbocycles. The van der Waals surface area contributed by atoms with Crippen LogP contribution in [0, 0.1) is 5.92 Å². The standard InChI is InChI=1S/C11H18OS2/c1-3-10-4-5-11(12-10)8-14-7-9(2)6-13/h4-5,9,13H,3,6-8H2,1-2H3. The van der Waals surface area contributed by atoms with Crippen LogP contribution in [0.5, 0.6) is 0 Å². The third-order valence-corrected chi connectivity index (χ3v) is 3.94. The van der Waals surface area contributed by atoms with Gasteiger partial charge in [-0.2, -0.15) is 24.4 Å². The molecule has 1 aromatic heterocycles. The van der Waals surface area contributed by atoms with Gasteiger partial charge in [-0.25, -0.2) is 0 Å². The Morgan fingerprint density at radius 3 is 2.71 bits per heavy atom. The van der Waals surface area contributed by atoms with E-state index in [0.717, 1.165) is 35.2 Å². The van der Waals surface area contributed by atoms with E-state index in [1.807, 2.05) is 11.8 Å². The minimum absolute atomic E-state index is 0.684. The molecular formula is C11H18OS2. The highest BCUT2D eigenvalue weighted by atomic mass is 32.2. The number of thiol groups is 1. The molecule has 0 N–H and O–H groups in total. The molecule has 1 atom stereocenters. The molecule has 1 heterocycles. The molecule has 14 heavy (non-hydrogen) atoms. The number of aryl methyl sites for hydroxylation is 1. The van der Waals surface area contributed by atoms with E-state index in [4.69, 9.17) is 4.42 Å². The van der Waals surface area contributed by atoms with E-state index < -0.39 is 0 Å². The first-order valence-electron chi connectivity index (χ1n) is 5.02. The van der Waals surface area contributed by atoms with Crippen molar-refractivity contribution in [3.05, 3.63) is 23.7 Å². The Hall–Kier alpha value is -0.0200. The summed E-state index contributed by atoms with van der Waals surface area (Å²) in [6.07, 6.45) is 0.984. The number of rotatable bonds is 6. The molecule has 0 amide bonds. The SMILES string of the molecule is CCc1ccc(CSCC(C)CS)o1. The van der Waals surface area contributed by atoms with Gasteiger partial charge in [0.25, 0.3) is 0 Å². The number of hydrogen-bond donors (Lipinski definition) is 1. The Morgan fingerprint density at radius 1 is 1.43 bits per heavy atom. The van der Waals surface area contributed by atoms with Gasteiger partial charge in [-0.1, -0.05) is 13.8 Å². The molecule has 0 spiro atoms. The summed E-state index contributed by atoms with van der Waals surface area (Å²) in [7, 11) is 0. The molecule has 1 nitrogen and oxygen atoms in total. The first kappa shape index (κ1) is 12.1. The molecule has 0 aromatic carbocycles. The largest absolute Gasteiger partial charge is 0.465 e. The Labute approximate surface area is 96.1 Å². The summed E-state index contributed by atoms with van der Waals surface area (Å²) >= 11 is 6.18. The van der Waals surface area contributed by atoms with Crippen molar-refractivity contribution < 1.29 is 4.42 Å². The highest BCUT2D eigenvalue weighted by Gasteiger charge is 2.03. The zero-order valence-electron chi connectivity index (χ0n) is 8.82. The van der Waals surface area contributed by atoms with Gasteiger partial charge in [-0.3, -0.25) is 0 Å². The van der Waals surface area contributed by atoms with Crippen molar-refractivity contribution in [2.75, 3.05) is 11.5 Å². The fourth-order valence-corrected chi connectivity index (χ4v) is 2.40. The lowest BCUT2D eigenvalue weighted by Crippen LogP contribution is -1.99. The molecule has 3 heteroatoms. The highest BCUT2D eigenvalue weighted by Crippen LogP contribution is 2.18. The molecule has 1 rings (SSSR count). The average molecular weight is 230 g/mol. The van der Waals surface area contributed by atoms with Gasteiger partial charge >= 0.3 is 0 Å². The fourth-order valence-electron chi connectivity index (χ4n) is 1.10. The van der Waals surface area contributed by atoms with Crippen molar-refractivity contribution in [3.63, 3.8) is 0 Å². The van der Waals surface area contributed by atoms with Gasteiger partial charge in [-0.15, -0.1) is 0 Å². The number of furan rings is 1. The molecule has 0 bridgehead atoms. The number of hydrogen-bond acceptors (Lipinski definition) is 3. The minimum Gasteiger partial charge on any atom is -0.465 e. The first-order valence-corrected chi connectivity index (χ1v) is 6.81. The molecule has 0 aliphatic rings. The van der Waals surface area contributed by atoms with Crippen LogP contribution in [-0.2, 0) is 12.2 Å². The van der Waals surface area contributed by atoms with Crippen LogP contribution in [0.1, 0.15) is 25.4 Å². The van der Waals surface area contributed by atoms with Gasteiger partial charge in [-0.05, 0) is 29.6 Å². The maximum atomic E-state index is 5.61. The van der Waals surface area contributed by atoms with Crippen LogP contribution >= 0.6 is 24.4 Å². The number of thioether (sulfide) groups is 1. The van der Waals surface area contributed by atoms with Crippen molar-refractivity contribution in [1.82, 2.24) is 0 Å². The van der Waals surface area contributed by atoms with Gasteiger partial charge in [0.05, 0.1) is 5.75 Å². The smallest absolute Gasteiger partial charge is 0.114 e. The van der Waals surface area contributed by atoms with E-state index in [0.29, 0.717) is 5.92 Å². The molecular weight excluding hydrogens is 212 g/mol. The Bertz CT molecular complexity index is 258. The van der Waals surface area contributed by atoms with Gasteiger partial charge < -0.3 is 4.42 Å². The van der Waals surface area contributed by atoms with Crippen molar-refractivity contribution >= 4 is 24.4 Å². The lowest BCUT2D eigenvalue weighted by molar-refractivity contribution is 0.485. The fraction of sp³-hybridized carbons (Fsp3) is 0.636. The average Bonchev–Trinajstić information content (AvgIpc) is 2.65. The molecule has 80 valence electrons. The topological polar surface area (TPSA) is 13.1 Å². The van der Waals surface area contributed by atoms with Crippen LogP contribution < -0.4 is 0 Å². The Kier molecular flexibility index (Phi) is 5.56. The zero-order valence-corrected chi connectivity index (χ0v) is 10.5. The second kappa shape index (κ2) is 6.46. The van der Waals surface area contributed by atoms with E-state index in [9.17, 15) is 0 Å². The van der Waals surface area contributed by atoms with Gasteiger partial charge in [0.1, 0.15) is 11.5 Å². The molecule has 1 aromatic rings. The predicted molar refractivity (Wildman–Crippen MR) is 67.3 cm³/mol. The zero-order chi connectivity index (χ0) is 10.4. The quantitative estimate of drug-likeness (QED) is 0.749. The molecule has 0 aliphatic heterocycles. The van der Waals surface area contributed by atoms with Crippen LogP contribution in [0.4, 0.5) is 0 Å². The summed E-state index contributed by atoms with van der Waals surface area (Å²) in [5.41, 5.74) is 0. The second-order valence-electron chi connectivity index (χ2n) is 3.52. The minimum atomic E-state index is 0.684. The predicted octanol–water partition coefficient (Wildman–Crippen LogP) is 3.64. The third kappa shape index (κ3) is 4.01. The highest BCUT2D eigenvalue weighted by molar-refractivity contribution is 7.98. The summed E-state index contributed by atoms with van der Waals surface area (Å²) in [5.74, 6) is 5.97. The monoisotopic (exact) mass is 230 g/mol. The molecule has 0 radical (unpaired) electrons. The lowest BCUT2D eigenvalue weighted by Gasteiger charge is -2.05. The van der Waals surface area contributed by atoms with Crippen molar-refractivity contribution in [2.24, 2.45) is 5.92 Å². The summed E-state index contributed by atoms with van der Waals surface area (Å²) in [6.45, 7) is 4.33. The molecule has 0 saturated heterocycles. The molecule has 0 saturated carbocycles. The van der Waals surface area contributed by atoms with E-state index in [-0.39, 0.29) is 0 Å². The van der Waals surface area contributed by atoms with Crippen molar-refractivity contribution in [3.8, 4) is 0 Å². The van der Waals surface area contributed by atoms with Crippen LogP contribution in [0.15, 0.2) is 16.5 Å². The molecule has 1 unspecified atom stereocenters. The second-order valence-corrected chi connectivity index (χ2v) is 4.92. The van der Waals surface area contributed by atoms with Gasteiger partial charge in [0.15, 0.2) is 0 Å². The van der Waals surface area contributed by atoms with Crippen LogP contribution in [0.3, 0.4) is 0 Å². The summed E-state index contributed by atoms with van der Waals surface area (Å²) in [4.78, 5) is 0. The van der Waals surface area contributed by atoms with E-state index >= 15 is 0 Å². The lowest BCUT2D eigenvalue weighted by atomic mass is 10.3. The summed E-state index contributed by atoms with van der Waals surface area (Å²) in [6, 6.07) is 4.15. The normalized spacial score (nSPS) is 13.1. The Balaban J connectivity index is 2.24. The van der Waals surface area contributed by atoms with Gasteiger partial charge in [0, 0.05) is 6.42 Å². The maximum absolute atomic E-state index is 5.61. The van der Waals surface area contributed by atoms with E-state index in [1.54, 1.807) is 0 Å². The first-order chi connectivity index (χ1) is 6.76. The van der Waals surface area contributed by atoms with E-state index in [1.165, 1.54) is 0 Å².